The molecule has 0 bridgehead atoms. The lowest BCUT2D eigenvalue weighted by Gasteiger charge is -2.36. The minimum absolute atomic E-state index is 0.0169. The predicted molar refractivity (Wildman–Crippen MR) is 135 cm³/mol. The first-order valence-corrected chi connectivity index (χ1v) is 13.1. The van der Waals surface area contributed by atoms with E-state index >= 15 is 0 Å². The van der Waals surface area contributed by atoms with Gasteiger partial charge in [0.25, 0.3) is 0 Å². The number of hydrogen-bond acceptors (Lipinski definition) is 4. The summed E-state index contributed by atoms with van der Waals surface area (Å²) in [7, 11) is 1.62. The number of nitrogens with zero attached hydrogens (tertiary/aromatic N) is 1. The first-order chi connectivity index (χ1) is 15.9. The van der Waals surface area contributed by atoms with Gasteiger partial charge in [0.2, 0.25) is 5.91 Å². The van der Waals surface area contributed by atoms with Crippen LogP contribution in [0.1, 0.15) is 81.8 Å². The number of thiophene rings is 1. The zero-order valence-electron chi connectivity index (χ0n) is 20.3. The summed E-state index contributed by atoms with van der Waals surface area (Å²) in [5.41, 5.74) is 1.49. The molecule has 5 nitrogen and oxygen atoms in total. The largest absolute Gasteiger partial charge is 0.497 e. The number of anilines is 1. The van der Waals surface area contributed by atoms with Gasteiger partial charge in [0, 0.05) is 16.8 Å². The van der Waals surface area contributed by atoms with E-state index in [1.54, 1.807) is 7.11 Å². The molecule has 0 saturated heterocycles. The van der Waals surface area contributed by atoms with Crippen molar-refractivity contribution in [3.8, 4) is 16.2 Å². The summed E-state index contributed by atoms with van der Waals surface area (Å²) < 4.78 is 5.26. The lowest BCUT2D eigenvalue weighted by Crippen LogP contribution is -2.45. The molecule has 1 aromatic carbocycles. The number of benzene rings is 1. The van der Waals surface area contributed by atoms with Crippen molar-refractivity contribution in [2.45, 2.75) is 78.2 Å². The first-order valence-electron chi connectivity index (χ1n) is 12.2. The van der Waals surface area contributed by atoms with Gasteiger partial charge < -0.3 is 14.7 Å². The van der Waals surface area contributed by atoms with E-state index in [9.17, 15) is 14.7 Å². The Balaban J connectivity index is 2.06. The van der Waals surface area contributed by atoms with Crippen LogP contribution in [0.2, 0.25) is 0 Å². The fourth-order valence-corrected chi connectivity index (χ4v) is 5.87. The second-order valence-electron chi connectivity index (χ2n) is 9.25. The molecular weight excluding hydrogens is 434 g/mol. The van der Waals surface area contributed by atoms with Crippen LogP contribution in [0.4, 0.5) is 5.69 Å². The minimum atomic E-state index is -0.975. The highest BCUT2D eigenvalue weighted by Crippen LogP contribution is 2.41. The van der Waals surface area contributed by atoms with Gasteiger partial charge in [0.15, 0.2) is 0 Å². The van der Waals surface area contributed by atoms with Crippen LogP contribution in [0.3, 0.4) is 0 Å². The zero-order chi connectivity index (χ0) is 24.0. The van der Waals surface area contributed by atoms with Gasteiger partial charge in [-0.15, -0.1) is 11.3 Å². The molecule has 1 saturated carbocycles. The van der Waals surface area contributed by atoms with Gasteiger partial charge in [0.1, 0.15) is 10.6 Å². The van der Waals surface area contributed by atoms with E-state index in [0.717, 1.165) is 67.6 Å². The van der Waals surface area contributed by atoms with Crippen LogP contribution in [-0.4, -0.2) is 30.1 Å². The molecule has 2 aromatic rings. The molecule has 1 N–H and O–H groups in total. The van der Waals surface area contributed by atoms with Crippen molar-refractivity contribution in [2.24, 2.45) is 11.8 Å². The number of carbonyl (C=O) groups excluding carboxylic acids is 1. The van der Waals surface area contributed by atoms with Crippen molar-refractivity contribution < 1.29 is 19.4 Å². The van der Waals surface area contributed by atoms with Gasteiger partial charge in [-0.25, -0.2) is 4.79 Å². The minimum Gasteiger partial charge on any atom is -0.497 e. The Kier molecular flexibility index (Phi) is 8.95. The number of carbonyl (C=O) groups is 2. The Morgan fingerprint density at radius 1 is 1.09 bits per heavy atom. The summed E-state index contributed by atoms with van der Waals surface area (Å²) in [5.74, 6) is 0.514. The number of methoxy groups -OCH3 is 1. The lowest BCUT2D eigenvalue weighted by molar-refractivity contribution is -0.124. The number of amides is 1. The highest BCUT2D eigenvalue weighted by atomic mass is 32.1. The number of hydrogen-bond donors (Lipinski definition) is 1. The standard InChI is InChI=1S/C27H37NO4S/c1-5-7-21(8-6-2)28(26(29)20-11-9-18(3)10-12-20)23-17-24(33-25(23)27(30)31)19-13-15-22(32-4)16-14-19/h13-18,20-21H,5-12H2,1-4H3,(H,30,31). The van der Waals surface area contributed by atoms with Crippen molar-refractivity contribution in [3.63, 3.8) is 0 Å². The van der Waals surface area contributed by atoms with Crippen molar-refractivity contribution in [1.29, 1.82) is 0 Å². The molecule has 1 amide bonds. The second-order valence-corrected chi connectivity index (χ2v) is 10.3. The first kappa shape index (κ1) is 25.3. The summed E-state index contributed by atoms with van der Waals surface area (Å²) in [6.07, 6.45) is 7.54. The Labute approximate surface area is 201 Å². The van der Waals surface area contributed by atoms with Crippen LogP contribution in [0.15, 0.2) is 30.3 Å². The van der Waals surface area contributed by atoms with E-state index in [0.29, 0.717) is 11.6 Å². The van der Waals surface area contributed by atoms with Crippen LogP contribution in [-0.2, 0) is 4.79 Å². The Bertz CT molecular complexity index is 922. The average Bonchev–Trinajstić information content (AvgIpc) is 3.25. The number of aromatic carboxylic acids is 1. The van der Waals surface area contributed by atoms with Gasteiger partial charge in [0.05, 0.1) is 12.8 Å². The second kappa shape index (κ2) is 11.7. The highest BCUT2D eigenvalue weighted by molar-refractivity contribution is 7.18. The molecule has 0 radical (unpaired) electrons. The number of rotatable bonds is 10. The summed E-state index contributed by atoms with van der Waals surface area (Å²) in [6, 6.07) is 9.55. The third-order valence-electron chi connectivity index (χ3n) is 6.75. The van der Waals surface area contributed by atoms with Gasteiger partial charge in [-0.2, -0.15) is 0 Å². The molecule has 1 heterocycles. The summed E-state index contributed by atoms with van der Waals surface area (Å²) in [6.45, 7) is 6.50. The Morgan fingerprint density at radius 3 is 2.21 bits per heavy atom. The maximum absolute atomic E-state index is 13.9. The maximum Gasteiger partial charge on any atom is 0.348 e. The molecule has 0 atom stereocenters. The molecule has 6 heteroatoms. The molecular formula is C27H37NO4S. The average molecular weight is 472 g/mol. The van der Waals surface area contributed by atoms with E-state index in [1.165, 1.54) is 11.3 Å². The summed E-state index contributed by atoms with van der Waals surface area (Å²) >= 11 is 1.25. The van der Waals surface area contributed by atoms with Crippen LogP contribution >= 0.6 is 11.3 Å². The molecule has 180 valence electrons. The fraction of sp³-hybridized carbons (Fsp3) is 0.556. The molecule has 1 aliphatic carbocycles. The molecule has 0 unspecified atom stereocenters. The predicted octanol–water partition coefficient (Wildman–Crippen LogP) is 7.25. The lowest BCUT2D eigenvalue weighted by atomic mass is 9.82. The number of ether oxygens (including phenoxy) is 1. The Morgan fingerprint density at radius 2 is 1.70 bits per heavy atom. The van der Waals surface area contributed by atoms with Crippen molar-refractivity contribution in [1.82, 2.24) is 0 Å². The van der Waals surface area contributed by atoms with Crippen LogP contribution in [0.25, 0.3) is 10.4 Å². The van der Waals surface area contributed by atoms with Crippen molar-refractivity contribution >= 4 is 28.9 Å². The molecule has 1 fully saturated rings. The third-order valence-corrected chi connectivity index (χ3v) is 7.91. The summed E-state index contributed by atoms with van der Waals surface area (Å²) in [4.78, 5) is 29.2. The highest BCUT2D eigenvalue weighted by Gasteiger charge is 2.35. The molecule has 3 rings (SSSR count). The van der Waals surface area contributed by atoms with Gasteiger partial charge in [-0.05, 0) is 80.3 Å². The monoisotopic (exact) mass is 471 g/mol. The van der Waals surface area contributed by atoms with E-state index in [4.69, 9.17) is 4.74 Å². The normalized spacial score (nSPS) is 18.3. The zero-order valence-corrected chi connectivity index (χ0v) is 21.1. The maximum atomic E-state index is 13.9. The van der Waals surface area contributed by atoms with E-state index in [2.05, 4.69) is 20.8 Å². The van der Waals surface area contributed by atoms with E-state index in [-0.39, 0.29) is 22.7 Å². The number of carboxylic acid groups (broad SMARTS) is 1. The van der Waals surface area contributed by atoms with Crippen LogP contribution in [0, 0.1) is 11.8 Å². The fourth-order valence-electron chi connectivity index (χ4n) is 4.88. The van der Waals surface area contributed by atoms with Crippen LogP contribution < -0.4 is 9.64 Å². The van der Waals surface area contributed by atoms with E-state index < -0.39 is 5.97 Å². The van der Waals surface area contributed by atoms with Crippen LogP contribution in [0.5, 0.6) is 5.75 Å². The molecule has 1 aromatic heterocycles. The molecule has 0 aliphatic heterocycles. The number of carboxylic acids is 1. The van der Waals surface area contributed by atoms with Gasteiger partial charge >= 0.3 is 5.97 Å². The quantitative estimate of drug-likeness (QED) is 0.396. The van der Waals surface area contributed by atoms with Crippen molar-refractivity contribution in [3.05, 3.63) is 35.2 Å². The topological polar surface area (TPSA) is 66.8 Å². The Hall–Kier alpha value is -2.34. The summed E-state index contributed by atoms with van der Waals surface area (Å²) in [5, 5.41) is 10.1. The van der Waals surface area contributed by atoms with E-state index in [1.807, 2.05) is 35.2 Å². The molecule has 0 spiro atoms. The van der Waals surface area contributed by atoms with Gasteiger partial charge in [-0.1, -0.05) is 33.6 Å². The third kappa shape index (κ3) is 5.97. The van der Waals surface area contributed by atoms with Gasteiger partial charge in [-0.3, -0.25) is 4.79 Å². The molecule has 1 aliphatic rings. The SMILES string of the molecule is CCCC(CCC)N(C(=O)C1CCC(C)CC1)c1cc(-c2ccc(OC)cc2)sc1C(=O)O. The molecule has 33 heavy (non-hydrogen) atoms. The van der Waals surface area contributed by atoms with Crippen molar-refractivity contribution in [2.75, 3.05) is 12.0 Å². The smallest absolute Gasteiger partial charge is 0.348 e.